The van der Waals surface area contributed by atoms with E-state index in [9.17, 15) is 21.6 Å². The largest absolute Gasteiger partial charge is 0.460 e. The average Bonchev–Trinajstić information content (AvgIpc) is 2.81. The molecule has 0 spiro atoms. The Morgan fingerprint density at radius 3 is 2.22 bits per heavy atom. The molecule has 0 bridgehead atoms. The number of hydrogen-bond donors (Lipinski definition) is 2. The summed E-state index contributed by atoms with van der Waals surface area (Å²) in [6, 6.07) is 15.8. The molecule has 0 saturated carbocycles. The Balaban J connectivity index is 1.82. The van der Waals surface area contributed by atoms with Gasteiger partial charge in [-0.25, -0.2) is 4.18 Å². The van der Waals surface area contributed by atoms with Crippen molar-refractivity contribution in [3.8, 4) is 0 Å². The topological polar surface area (TPSA) is 139 Å². The third-order valence-corrected chi connectivity index (χ3v) is 8.12. The first-order valence-corrected chi connectivity index (χ1v) is 14.3. The molecule has 0 aliphatic carbocycles. The fourth-order valence-electron chi connectivity index (χ4n) is 4.33. The summed E-state index contributed by atoms with van der Waals surface area (Å²) in [5.41, 5.74) is 0.792. The van der Waals surface area contributed by atoms with Crippen molar-refractivity contribution in [1.82, 2.24) is 9.03 Å². The molecule has 36 heavy (non-hydrogen) atoms. The molecule has 1 fully saturated rings. The van der Waals surface area contributed by atoms with Crippen molar-refractivity contribution >= 4 is 26.6 Å². The van der Waals surface area contributed by atoms with Gasteiger partial charge >= 0.3 is 16.4 Å². The summed E-state index contributed by atoms with van der Waals surface area (Å²) in [7, 11) is -9.08. The number of benzene rings is 2. The molecular weight excluding hydrogens is 508 g/mol. The molecule has 2 aromatic rings. The highest BCUT2D eigenvalue weighted by Crippen LogP contribution is 2.37. The van der Waals surface area contributed by atoms with Crippen LogP contribution in [0, 0.1) is 5.41 Å². The van der Waals surface area contributed by atoms with Gasteiger partial charge in [0.2, 0.25) is 0 Å². The number of ether oxygens (including phenoxy) is 1. The molecule has 12 heteroatoms. The monoisotopic (exact) mass is 540 g/mol. The fourth-order valence-corrected chi connectivity index (χ4v) is 6.39. The number of nitrogens with zero attached hydrogens (tertiary/aromatic N) is 1. The highest BCUT2D eigenvalue weighted by molar-refractivity contribution is 7.87. The first kappa shape index (κ1) is 28.2. The van der Waals surface area contributed by atoms with Crippen LogP contribution in [0.2, 0.25) is 0 Å². The van der Waals surface area contributed by atoms with Crippen LogP contribution in [0.3, 0.4) is 0 Å². The molecule has 2 atom stereocenters. The molecule has 1 saturated heterocycles. The van der Waals surface area contributed by atoms with Gasteiger partial charge in [-0.05, 0) is 35.8 Å². The number of esters is 1. The lowest BCUT2D eigenvalue weighted by atomic mass is 9.77. The Morgan fingerprint density at radius 1 is 1.06 bits per heavy atom. The van der Waals surface area contributed by atoms with Gasteiger partial charge < -0.3 is 4.74 Å². The average molecular weight is 541 g/mol. The van der Waals surface area contributed by atoms with Gasteiger partial charge in [-0.2, -0.15) is 25.9 Å². The van der Waals surface area contributed by atoms with Gasteiger partial charge in [-0.3, -0.25) is 9.35 Å². The molecule has 1 aliphatic rings. The SMILES string of the molecule is CC1(C)CCCN(S(=O)(=O)NC(COS(=O)(=O)O)Cc2ccccc2)[C@H]1C(=O)OCc1ccccc1. The van der Waals surface area contributed by atoms with E-state index in [-0.39, 0.29) is 19.6 Å². The minimum absolute atomic E-state index is 0.00635. The zero-order valence-corrected chi connectivity index (χ0v) is 21.9. The lowest BCUT2D eigenvalue weighted by Crippen LogP contribution is -2.60. The van der Waals surface area contributed by atoms with E-state index in [2.05, 4.69) is 8.91 Å². The van der Waals surface area contributed by atoms with Crippen LogP contribution in [0.25, 0.3) is 0 Å². The zero-order valence-electron chi connectivity index (χ0n) is 20.2. The molecule has 1 heterocycles. The Morgan fingerprint density at radius 2 is 1.64 bits per heavy atom. The summed E-state index contributed by atoms with van der Waals surface area (Å²) in [5, 5.41) is 0. The van der Waals surface area contributed by atoms with Gasteiger partial charge in [0.25, 0.3) is 10.2 Å². The van der Waals surface area contributed by atoms with E-state index in [0.717, 1.165) is 15.4 Å². The van der Waals surface area contributed by atoms with Crippen LogP contribution in [0.15, 0.2) is 60.7 Å². The minimum Gasteiger partial charge on any atom is -0.460 e. The number of hydrogen-bond acceptors (Lipinski definition) is 7. The van der Waals surface area contributed by atoms with Gasteiger partial charge in [-0.1, -0.05) is 74.5 Å². The van der Waals surface area contributed by atoms with E-state index in [0.29, 0.717) is 12.8 Å². The molecule has 0 radical (unpaired) electrons. The number of carbonyl (C=O) groups excluding carboxylic acids is 1. The molecular formula is C24H32N2O8S2. The molecule has 0 aromatic heterocycles. The van der Waals surface area contributed by atoms with Crippen LogP contribution in [-0.4, -0.2) is 56.9 Å². The van der Waals surface area contributed by atoms with Crippen LogP contribution < -0.4 is 4.72 Å². The summed E-state index contributed by atoms with van der Waals surface area (Å²) in [6.07, 6.45) is 1.24. The second kappa shape index (κ2) is 11.8. The lowest BCUT2D eigenvalue weighted by Gasteiger charge is -2.44. The van der Waals surface area contributed by atoms with Gasteiger partial charge in [0.05, 0.1) is 12.6 Å². The van der Waals surface area contributed by atoms with E-state index in [4.69, 9.17) is 9.29 Å². The Kier molecular flexibility index (Phi) is 9.25. The Labute approximate surface area is 212 Å². The highest BCUT2D eigenvalue weighted by atomic mass is 32.3. The summed E-state index contributed by atoms with van der Waals surface area (Å²) in [4.78, 5) is 13.2. The third-order valence-electron chi connectivity index (χ3n) is 6.04. The van der Waals surface area contributed by atoms with Crippen LogP contribution in [0.1, 0.15) is 37.8 Å². The quantitative estimate of drug-likeness (QED) is 0.327. The standard InChI is InChI=1S/C24H32N2O8S2/c1-24(2)14-9-15-26(22(24)23(27)33-17-20-12-7-4-8-13-20)35(28,29)25-21(18-34-36(30,31)32)16-19-10-5-3-6-11-19/h3-8,10-13,21-22,25H,9,14-18H2,1-2H3,(H,30,31,32)/t21?,22-/m0/s1. The van der Waals surface area contributed by atoms with E-state index in [1.165, 1.54) is 0 Å². The minimum atomic E-state index is -4.79. The fraction of sp³-hybridized carbons (Fsp3) is 0.458. The molecule has 198 valence electrons. The summed E-state index contributed by atoms with van der Waals surface area (Å²) < 4.78 is 71.9. The van der Waals surface area contributed by atoms with Crippen LogP contribution in [0.5, 0.6) is 0 Å². The first-order valence-electron chi connectivity index (χ1n) is 11.5. The van der Waals surface area contributed by atoms with Crippen molar-refractivity contribution in [1.29, 1.82) is 0 Å². The van der Waals surface area contributed by atoms with Crippen molar-refractivity contribution < 1.29 is 35.1 Å². The van der Waals surface area contributed by atoms with Gasteiger partial charge in [0.15, 0.2) is 0 Å². The van der Waals surface area contributed by atoms with Crippen LogP contribution in [0.4, 0.5) is 0 Å². The Hall–Kier alpha value is -2.35. The van der Waals surface area contributed by atoms with E-state index >= 15 is 0 Å². The Bertz CT molecular complexity index is 1220. The predicted octanol–water partition coefficient (Wildman–Crippen LogP) is 2.49. The summed E-state index contributed by atoms with van der Waals surface area (Å²) in [5.74, 6) is -0.664. The molecule has 0 amide bonds. The van der Waals surface area contributed by atoms with E-state index in [1.54, 1.807) is 42.5 Å². The molecule has 1 aliphatic heterocycles. The number of carbonyl (C=O) groups is 1. The third kappa shape index (κ3) is 8.08. The van der Waals surface area contributed by atoms with Crippen molar-refractivity contribution in [2.75, 3.05) is 13.2 Å². The highest BCUT2D eigenvalue weighted by Gasteiger charge is 2.48. The molecule has 2 N–H and O–H groups in total. The van der Waals surface area contributed by atoms with Crippen molar-refractivity contribution in [2.45, 2.75) is 51.8 Å². The van der Waals surface area contributed by atoms with Crippen molar-refractivity contribution in [3.63, 3.8) is 0 Å². The number of piperidine rings is 1. The predicted molar refractivity (Wildman–Crippen MR) is 133 cm³/mol. The van der Waals surface area contributed by atoms with Gasteiger partial charge in [0, 0.05) is 6.54 Å². The second-order valence-electron chi connectivity index (χ2n) is 9.42. The normalized spacial score (nSPS) is 19.5. The van der Waals surface area contributed by atoms with E-state index in [1.807, 2.05) is 32.0 Å². The van der Waals surface area contributed by atoms with Crippen molar-refractivity contribution in [3.05, 3.63) is 71.8 Å². The maximum Gasteiger partial charge on any atom is 0.397 e. The van der Waals surface area contributed by atoms with Crippen LogP contribution >= 0.6 is 0 Å². The first-order chi connectivity index (χ1) is 16.9. The summed E-state index contributed by atoms with van der Waals surface area (Å²) >= 11 is 0. The zero-order chi connectivity index (χ0) is 26.4. The molecule has 10 nitrogen and oxygen atoms in total. The second-order valence-corrected chi connectivity index (χ2v) is 12.2. The smallest absolute Gasteiger partial charge is 0.397 e. The lowest BCUT2D eigenvalue weighted by molar-refractivity contribution is -0.155. The van der Waals surface area contributed by atoms with Crippen molar-refractivity contribution in [2.24, 2.45) is 5.41 Å². The summed E-state index contributed by atoms with van der Waals surface area (Å²) in [6.45, 7) is 3.08. The maximum atomic E-state index is 13.5. The van der Waals surface area contributed by atoms with Crippen LogP contribution in [-0.2, 0) is 47.4 Å². The molecule has 3 rings (SSSR count). The van der Waals surface area contributed by atoms with Gasteiger partial charge in [-0.15, -0.1) is 0 Å². The number of rotatable bonds is 11. The maximum absolute atomic E-state index is 13.5. The van der Waals surface area contributed by atoms with E-state index < -0.39 is 50.7 Å². The molecule has 2 aromatic carbocycles. The molecule has 1 unspecified atom stereocenters. The van der Waals surface area contributed by atoms with Gasteiger partial charge in [0.1, 0.15) is 12.6 Å². The number of nitrogens with one attached hydrogen (secondary N) is 1.